The van der Waals surface area contributed by atoms with Gasteiger partial charge in [0.25, 0.3) is 10.1 Å². The van der Waals surface area contributed by atoms with E-state index in [9.17, 15) is 18.0 Å². The van der Waals surface area contributed by atoms with Gasteiger partial charge in [0, 0.05) is 20.5 Å². The van der Waals surface area contributed by atoms with E-state index in [0.717, 1.165) is 4.90 Å². The number of rotatable bonds is 6. The number of hydrogen-bond acceptors (Lipinski definition) is 5. The van der Waals surface area contributed by atoms with Crippen molar-refractivity contribution in [2.24, 2.45) is 5.73 Å². The van der Waals surface area contributed by atoms with Crippen molar-refractivity contribution in [3.8, 4) is 0 Å². The molecule has 0 bridgehead atoms. The smallest absolute Gasteiger partial charge is 0.323 e. The highest BCUT2D eigenvalue weighted by Crippen LogP contribution is 1.85. The van der Waals surface area contributed by atoms with Crippen molar-refractivity contribution in [1.82, 2.24) is 10.2 Å². The lowest BCUT2D eigenvalue weighted by molar-refractivity contribution is -0.137. The minimum Gasteiger partial charge on any atom is -0.480 e. The lowest BCUT2D eigenvalue weighted by Crippen LogP contribution is -2.36. The van der Waals surface area contributed by atoms with Gasteiger partial charge in [0.05, 0.1) is 5.75 Å². The summed E-state index contributed by atoms with van der Waals surface area (Å²) in [6.07, 6.45) is 0.235. The number of likely N-dealkylation sites (N-methyl/N-ethyl adjacent to an activating group) is 1. The quantitative estimate of drug-likeness (QED) is 0.167. The molecule has 20 heavy (non-hydrogen) atoms. The van der Waals surface area contributed by atoms with Gasteiger partial charge in [-0.15, -0.1) is 0 Å². The lowest BCUT2D eigenvalue weighted by atomic mass is 10.5. The number of carbonyl (C=O) groups is 2. The maximum Gasteiger partial charge on any atom is 0.323 e. The predicted octanol–water partition coefficient (Wildman–Crippen LogP) is -1.70. The first-order chi connectivity index (χ1) is 8.95. The van der Waals surface area contributed by atoms with Crippen LogP contribution in [-0.4, -0.2) is 66.7 Å². The molecule has 11 heteroatoms. The Morgan fingerprint density at radius 3 is 2.15 bits per heavy atom. The first-order valence-electron chi connectivity index (χ1n) is 5.42. The van der Waals surface area contributed by atoms with Crippen LogP contribution in [0.25, 0.3) is 0 Å². The zero-order valence-electron chi connectivity index (χ0n) is 11.3. The van der Waals surface area contributed by atoms with Crippen LogP contribution in [0.4, 0.5) is 0 Å². The largest absolute Gasteiger partial charge is 0.480 e. The molecule has 0 fully saturated rings. The van der Waals surface area contributed by atoms with Crippen molar-refractivity contribution >= 4 is 28.0 Å². The minimum atomic E-state index is -3.87. The normalized spacial score (nSPS) is 9.95. The third-order valence-corrected chi connectivity index (χ3v) is 2.54. The molecule has 0 aliphatic heterocycles. The number of nitrogens with two attached hydrogens (primary N) is 1. The van der Waals surface area contributed by atoms with E-state index < -0.39 is 16.1 Å². The van der Waals surface area contributed by atoms with E-state index >= 15 is 0 Å². The summed E-state index contributed by atoms with van der Waals surface area (Å²) in [6.45, 7) is 1.39. The number of carboxylic acid groups (broad SMARTS) is 1. The first-order valence-corrected chi connectivity index (χ1v) is 7.03. The Bertz CT molecular complexity index is 436. The Morgan fingerprint density at radius 1 is 1.40 bits per heavy atom. The molecule has 0 aromatic heterocycles. The summed E-state index contributed by atoms with van der Waals surface area (Å²) in [7, 11) is -2.43. The van der Waals surface area contributed by atoms with Crippen LogP contribution >= 0.6 is 0 Å². The first kappa shape index (κ1) is 20.4. The standard InChI is InChI=1S/C5H11NO4S.C4H9N3O2/c1-5(7)6-3-2-4-11(8,9)10;1-7(4(5)6)2-3(8)9/h2-4H2,1H3,(H,6,7)(H,8,9,10);2H2,1H3,(H3,5,6)(H,8,9). The third kappa shape index (κ3) is 18.5. The van der Waals surface area contributed by atoms with E-state index in [4.69, 9.17) is 20.8 Å². The van der Waals surface area contributed by atoms with Gasteiger partial charge in [-0.25, -0.2) is 0 Å². The van der Waals surface area contributed by atoms with Gasteiger partial charge in [0.1, 0.15) is 6.54 Å². The average Bonchev–Trinajstić information content (AvgIpc) is 2.22. The maximum atomic E-state index is 10.2. The van der Waals surface area contributed by atoms with Crippen LogP contribution < -0.4 is 11.1 Å². The van der Waals surface area contributed by atoms with Crippen molar-refractivity contribution in [2.45, 2.75) is 13.3 Å². The molecule has 0 saturated heterocycles. The molecule has 0 aromatic rings. The molecule has 0 aliphatic carbocycles. The fourth-order valence-electron chi connectivity index (χ4n) is 0.807. The Kier molecular flexibility index (Phi) is 10.2. The van der Waals surface area contributed by atoms with E-state index in [-0.39, 0.29) is 37.1 Å². The van der Waals surface area contributed by atoms with Gasteiger partial charge in [-0.2, -0.15) is 8.42 Å². The van der Waals surface area contributed by atoms with E-state index in [1.807, 2.05) is 0 Å². The third-order valence-electron chi connectivity index (χ3n) is 1.74. The van der Waals surface area contributed by atoms with Crippen LogP contribution in [0.3, 0.4) is 0 Å². The van der Waals surface area contributed by atoms with E-state index in [1.54, 1.807) is 0 Å². The van der Waals surface area contributed by atoms with E-state index in [0.29, 0.717) is 0 Å². The Labute approximate surface area is 117 Å². The molecule has 118 valence electrons. The number of amides is 1. The molecule has 0 heterocycles. The molecule has 0 atom stereocenters. The van der Waals surface area contributed by atoms with Gasteiger partial charge in [0.2, 0.25) is 5.91 Å². The van der Waals surface area contributed by atoms with Crippen molar-refractivity contribution in [1.29, 1.82) is 5.41 Å². The highest BCUT2D eigenvalue weighted by atomic mass is 32.2. The molecular formula is C9H20N4O6S. The summed E-state index contributed by atoms with van der Waals surface area (Å²) in [5.41, 5.74) is 4.93. The fraction of sp³-hybridized carbons (Fsp3) is 0.667. The second kappa shape index (κ2) is 9.97. The number of nitrogens with zero attached hydrogens (tertiary/aromatic N) is 1. The summed E-state index contributed by atoms with van der Waals surface area (Å²) < 4.78 is 28.5. The fourth-order valence-corrected chi connectivity index (χ4v) is 1.32. The number of carboxylic acids is 1. The monoisotopic (exact) mass is 312 g/mol. The lowest BCUT2D eigenvalue weighted by Gasteiger charge is -2.12. The molecular weight excluding hydrogens is 292 g/mol. The summed E-state index contributed by atoms with van der Waals surface area (Å²) in [6, 6.07) is 0. The molecule has 0 aliphatic rings. The second-order valence-corrected chi connectivity index (χ2v) is 5.33. The van der Waals surface area contributed by atoms with Crippen molar-refractivity contribution in [2.75, 3.05) is 25.9 Å². The molecule has 1 amide bonds. The van der Waals surface area contributed by atoms with Gasteiger partial charge in [-0.3, -0.25) is 19.6 Å². The Morgan fingerprint density at radius 2 is 1.90 bits per heavy atom. The number of carbonyl (C=O) groups excluding carboxylic acids is 1. The van der Waals surface area contributed by atoms with Crippen LogP contribution in [0.5, 0.6) is 0 Å². The highest BCUT2D eigenvalue weighted by Gasteiger charge is 2.03. The Balaban J connectivity index is 0. The second-order valence-electron chi connectivity index (χ2n) is 3.76. The van der Waals surface area contributed by atoms with Crippen molar-refractivity contribution in [3.05, 3.63) is 0 Å². The van der Waals surface area contributed by atoms with Crippen LogP contribution in [-0.2, 0) is 19.7 Å². The average molecular weight is 312 g/mol. The summed E-state index contributed by atoms with van der Waals surface area (Å²) in [5, 5.41) is 17.3. The number of aliphatic carboxylic acids is 1. The summed E-state index contributed by atoms with van der Waals surface area (Å²) >= 11 is 0. The topological polar surface area (TPSA) is 174 Å². The van der Waals surface area contributed by atoms with Crippen LogP contribution in [0, 0.1) is 5.41 Å². The van der Waals surface area contributed by atoms with Crippen LogP contribution in [0.15, 0.2) is 0 Å². The Hall–Kier alpha value is -1.88. The summed E-state index contributed by atoms with van der Waals surface area (Å²) in [5.74, 6) is -1.75. The van der Waals surface area contributed by atoms with Gasteiger partial charge in [-0.1, -0.05) is 0 Å². The van der Waals surface area contributed by atoms with Gasteiger partial charge in [0.15, 0.2) is 5.96 Å². The SMILES string of the molecule is CC(=O)NCCCS(=O)(=O)O.CN(CC(=O)O)C(=N)N. The van der Waals surface area contributed by atoms with Gasteiger partial charge in [-0.05, 0) is 6.42 Å². The zero-order valence-corrected chi connectivity index (χ0v) is 12.1. The van der Waals surface area contributed by atoms with E-state index in [1.165, 1.54) is 14.0 Å². The van der Waals surface area contributed by atoms with Crippen molar-refractivity contribution in [3.63, 3.8) is 0 Å². The summed E-state index contributed by atoms with van der Waals surface area (Å²) in [4.78, 5) is 21.3. The molecule has 0 saturated carbocycles. The molecule has 0 rings (SSSR count). The molecule has 10 nitrogen and oxygen atoms in total. The molecule has 6 N–H and O–H groups in total. The van der Waals surface area contributed by atoms with Crippen LogP contribution in [0.1, 0.15) is 13.3 Å². The van der Waals surface area contributed by atoms with Crippen LogP contribution in [0.2, 0.25) is 0 Å². The minimum absolute atomic E-state index is 0.208. The molecule has 0 radical (unpaired) electrons. The zero-order chi connectivity index (χ0) is 16.3. The molecule has 0 unspecified atom stereocenters. The van der Waals surface area contributed by atoms with Crippen molar-refractivity contribution < 1.29 is 27.7 Å². The van der Waals surface area contributed by atoms with E-state index in [2.05, 4.69) is 5.32 Å². The number of nitrogens with one attached hydrogen (secondary N) is 2. The molecule has 0 aromatic carbocycles. The number of hydrogen-bond donors (Lipinski definition) is 5. The molecule has 0 spiro atoms. The number of guanidine groups is 1. The highest BCUT2D eigenvalue weighted by molar-refractivity contribution is 7.85. The predicted molar refractivity (Wildman–Crippen MR) is 71.9 cm³/mol. The van der Waals surface area contributed by atoms with Gasteiger partial charge >= 0.3 is 5.97 Å². The van der Waals surface area contributed by atoms with Gasteiger partial charge < -0.3 is 21.1 Å². The maximum absolute atomic E-state index is 10.2.